The first-order valence-electron chi connectivity index (χ1n) is 6.97. The van der Waals surface area contributed by atoms with Crippen LogP contribution in [0.1, 0.15) is 19.4 Å². The molecule has 6 heteroatoms. The van der Waals surface area contributed by atoms with E-state index >= 15 is 0 Å². The topological polar surface area (TPSA) is 90.9 Å². The van der Waals surface area contributed by atoms with Gasteiger partial charge in [-0.2, -0.15) is 0 Å². The summed E-state index contributed by atoms with van der Waals surface area (Å²) in [5, 5.41) is 12.8. The SMILES string of the molecule is CC1(C)C(=O)Nc2cc3nc(-c4ncccc4O)[nH]c3cc21. The molecule has 6 nitrogen and oxygen atoms in total. The number of aromatic amines is 1. The van der Waals surface area contributed by atoms with E-state index < -0.39 is 5.41 Å². The lowest BCUT2D eigenvalue weighted by Gasteiger charge is -2.14. The van der Waals surface area contributed by atoms with Gasteiger partial charge in [0, 0.05) is 11.9 Å². The first-order valence-corrected chi connectivity index (χ1v) is 6.97. The molecule has 0 bridgehead atoms. The number of nitrogens with zero attached hydrogens (tertiary/aromatic N) is 2. The molecule has 0 saturated heterocycles. The average Bonchev–Trinajstić information content (AvgIpc) is 2.97. The van der Waals surface area contributed by atoms with E-state index in [0.29, 0.717) is 11.5 Å². The fourth-order valence-electron chi connectivity index (χ4n) is 2.77. The lowest BCUT2D eigenvalue weighted by atomic mass is 9.86. The van der Waals surface area contributed by atoms with Gasteiger partial charge in [-0.1, -0.05) is 0 Å². The van der Waals surface area contributed by atoms with Gasteiger partial charge in [0.1, 0.15) is 11.4 Å². The van der Waals surface area contributed by atoms with Crippen molar-refractivity contribution in [2.75, 3.05) is 5.32 Å². The number of aromatic hydroxyl groups is 1. The van der Waals surface area contributed by atoms with Gasteiger partial charge in [0.05, 0.1) is 16.4 Å². The number of hydrogen-bond acceptors (Lipinski definition) is 4. The largest absolute Gasteiger partial charge is 0.506 e. The number of fused-ring (bicyclic) bond motifs is 2. The fourth-order valence-corrected chi connectivity index (χ4v) is 2.77. The Labute approximate surface area is 126 Å². The van der Waals surface area contributed by atoms with Gasteiger partial charge in [-0.15, -0.1) is 0 Å². The maximum Gasteiger partial charge on any atom is 0.234 e. The minimum atomic E-state index is -0.568. The number of H-pyrrole nitrogens is 1. The van der Waals surface area contributed by atoms with Crippen LogP contribution in [0.3, 0.4) is 0 Å². The quantitative estimate of drug-likeness (QED) is 0.643. The molecule has 4 rings (SSSR count). The normalized spacial score (nSPS) is 15.8. The van der Waals surface area contributed by atoms with Gasteiger partial charge in [0.2, 0.25) is 5.91 Å². The van der Waals surface area contributed by atoms with Gasteiger partial charge < -0.3 is 15.4 Å². The van der Waals surface area contributed by atoms with Crippen molar-refractivity contribution in [2.45, 2.75) is 19.3 Å². The first-order chi connectivity index (χ1) is 10.5. The molecule has 0 atom stereocenters. The standard InChI is InChI=1S/C16H14N4O2/c1-16(2)8-6-10-11(7-9(8)20-15(16)22)19-14(18-10)13-12(21)4-3-5-17-13/h3-7,21H,1-2H3,(H,18,19)(H,20,22). The lowest BCUT2D eigenvalue weighted by molar-refractivity contribution is -0.119. The number of imidazole rings is 1. The van der Waals surface area contributed by atoms with E-state index in [1.807, 2.05) is 26.0 Å². The minimum absolute atomic E-state index is 0.0160. The molecule has 0 aliphatic carbocycles. The summed E-state index contributed by atoms with van der Waals surface area (Å²) >= 11 is 0. The van der Waals surface area contributed by atoms with Crippen LogP contribution in [-0.4, -0.2) is 26.0 Å². The highest BCUT2D eigenvalue weighted by Crippen LogP contribution is 2.39. The Hall–Kier alpha value is -2.89. The van der Waals surface area contributed by atoms with E-state index in [-0.39, 0.29) is 11.7 Å². The van der Waals surface area contributed by atoms with Crippen molar-refractivity contribution in [3.05, 3.63) is 36.0 Å². The molecule has 2 aromatic heterocycles. The van der Waals surface area contributed by atoms with E-state index in [1.54, 1.807) is 18.3 Å². The third-order valence-corrected chi connectivity index (χ3v) is 4.12. The van der Waals surface area contributed by atoms with Gasteiger partial charge in [-0.3, -0.25) is 4.79 Å². The number of benzene rings is 1. The summed E-state index contributed by atoms with van der Waals surface area (Å²) in [6.07, 6.45) is 1.60. The molecule has 0 saturated carbocycles. The van der Waals surface area contributed by atoms with E-state index in [4.69, 9.17) is 0 Å². The summed E-state index contributed by atoms with van der Waals surface area (Å²) < 4.78 is 0. The number of rotatable bonds is 1. The van der Waals surface area contributed by atoms with Crippen LogP contribution in [0.15, 0.2) is 30.5 Å². The van der Waals surface area contributed by atoms with Crippen molar-refractivity contribution in [3.8, 4) is 17.3 Å². The fraction of sp³-hybridized carbons (Fsp3) is 0.188. The maximum absolute atomic E-state index is 12.0. The number of carbonyl (C=O) groups excluding carboxylic acids is 1. The van der Waals surface area contributed by atoms with Crippen molar-refractivity contribution in [3.63, 3.8) is 0 Å². The van der Waals surface area contributed by atoms with Crippen molar-refractivity contribution in [1.29, 1.82) is 0 Å². The highest BCUT2D eigenvalue weighted by molar-refractivity contribution is 6.07. The third-order valence-electron chi connectivity index (χ3n) is 4.12. The molecule has 3 aromatic rings. The summed E-state index contributed by atoms with van der Waals surface area (Å²) in [6, 6.07) is 7.00. The summed E-state index contributed by atoms with van der Waals surface area (Å²) in [6.45, 7) is 3.78. The molecule has 1 aliphatic heterocycles. The Bertz CT molecular complexity index is 927. The number of hydrogen-bond donors (Lipinski definition) is 3. The summed E-state index contributed by atoms with van der Waals surface area (Å²) in [4.78, 5) is 23.8. The molecule has 1 amide bonds. The zero-order valence-corrected chi connectivity index (χ0v) is 12.1. The predicted octanol–water partition coefficient (Wildman–Crippen LogP) is 2.56. The number of anilines is 1. The van der Waals surface area contributed by atoms with Crippen LogP contribution in [0.5, 0.6) is 5.75 Å². The van der Waals surface area contributed by atoms with Gasteiger partial charge >= 0.3 is 0 Å². The Morgan fingerprint density at radius 1 is 1.27 bits per heavy atom. The van der Waals surface area contributed by atoms with Crippen molar-refractivity contribution < 1.29 is 9.90 Å². The van der Waals surface area contributed by atoms with Crippen LogP contribution in [-0.2, 0) is 10.2 Å². The lowest BCUT2D eigenvalue weighted by Crippen LogP contribution is -2.26. The second-order valence-electron chi connectivity index (χ2n) is 5.95. The summed E-state index contributed by atoms with van der Waals surface area (Å²) in [5.74, 6) is 0.557. The number of pyridine rings is 1. The molecular formula is C16H14N4O2. The summed E-state index contributed by atoms with van der Waals surface area (Å²) in [5.41, 5.74) is 3.08. The van der Waals surface area contributed by atoms with Crippen molar-refractivity contribution >= 4 is 22.6 Å². The van der Waals surface area contributed by atoms with Gasteiger partial charge in [-0.25, -0.2) is 9.97 Å². The highest BCUT2D eigenvalue weighted by Gasteiger charge is 2.38. The highest BCUT2D eigenvalue weighted by atomic mass is 16.3. The first kappa shape index (κ1) is 12.8. The van der Waals surface area contributed by atoms with Gasteiger partial charge in [-0.05, 0) is 43.7 Å². The van der Waals surface area contributed by atoms with E-state index in [1.165, 1.54) is 0 Å². The molecular weight excluding hydrogens is 280 g/mol. The molecule has 0 radical (unpaired) electrons. The number of amides is 1. The number of aromatic nitrogens is 3. The molecule has 0 fully saturated rings. The van der Waals surface area contributed by atoms with Crippen LogP contribution in [0.25, 0.3) is 22.6 Å². The summed E-state index contributed by atoms with van der Waals surface area (Å²) in [7, 11) is 0. The molecule has 0 unspecified atom stereocenters. The number of carbonyl (C=O) groups is 1. The Morgan fingerprint density at radius 3 is 2.86 bits per heavy atom. The molecule has 3 N–H and O–H groups in total. The second-order valence-corrected chi connectivity index (χ2v) is 5.95. The molecule has 110 valence electrons. The van der Waals surface area contributed by atoms with Gasteiger partial charge in [0.15, 0.2) is 5.82 Å². The molecule has 22 heavy (non-hydrogen) atoms. The van der Waals surface area contributed by atoms with Crippen LogP contribution >= 0.6 is 0 Å². The van der Waals surface area contributed by atoms with Crippen LogP contribution in [0, 0.1) is 0 Å². The molecule has 0 spiro atoms. The van der Waals surface area contributed by atoms with E-state index in [0.717, 1.165) is 22.3 Å². The van der Waals surface area contributed by atoms with Crippen molar-refractivity contribution in [2.24, 2.45) is 0 Å². The number of nitrogens with one attached hydrogen (secondary N) is 2. The minimum Gasteiger partial charge on any atom is -0.506 e. The van der Waals surface area contributed by atoms with Crippen LogP contribution < -0.4 is 5.32 Å². The zero-order valence-electron chi connectivity index (χ0n) is 12.1. The Morgan fingerprint density at radius 2 is 2.09 bits per heavy atom. The van der Waals surface area contributed by atoms with Crippen LogP contribution in [0.2, 0.25) is 0 Å². The zero-order chi connectivity index (χ0) is 15.5. The van der Waals surface area contributed by atoms with E-state index in [9.17, 15) is 9.90 Å². The molecule has 3 heterocycles. The monoisotopic (exact) mass is 294 g/mol. The molecule has 1 aromatic carbocycles. The second kappa shape index (κ2) is 4.07. The van der Waals surface area contributed by atoms with Crippen molar-refractivity contribution in [1.82, 2.24) is 15.0 Å². The Balaban J connectivity index is 1.91. The van der Waals surface area contributed by atoms with Crippen LogP contribution in [0.4, 0.5) is 5.69 Å². The molecule has 1 aliphatic rings. The Kier molecular flexibility index (Phi) is 2.37. The average molecular weight is 294 g/mol. The predicted molar refractivity (Wildman–Crippen MR) is 82.6 cm³/mol. The van der Waals surface area contributed by atoms with Gasteiger partial charge in [0.25, 0.3) is 0 Å². The smallest absolute Gasteiger partial charge is 0.234 e. The van der Waals surface area contributed by atoms with E-state index in [2.05, 4.69) is 20.3 Å². The third kappa shape index (κ3) is 1.64. The maximum atomic E-state index is 12.0.